The van der Waals surface area contributed by atoms with Gasteiger partial charge in [0.2, 0.25) is 5.91 Å². The number of ether oxygens (including phenoxy) is 1. The largest absolute Gasteiger partial charge is 0.378 e. The van der Waals surface area contributed by atoms with Crippen molar-refractivity contribution in [3.8, 4) is 0 Å². The molecule has 1 amide bonds. The zero-order valence-corrected chi connectivity index (χ0v) is 15.3. The Morgan fingerprint density at radius 2 is 2.08 bits per heavy atom. The number of halogens is 1. The van der Waals surface area contributed by atoms with E-state index in [-0.39, 0.29) is 18.0 Å². The van der Waals surface area contributed by atoms with Gasteiger partial charge in [0.25, 0.3) is 0 Å². The third-order valence-electron chi connectivity index (χ3n) is 5.69. The third kappa shape index (κ3) is 3.70. The van der Waals surface area contributed by atoms with Crippen molar-refractivity contribution < 1.29 is 9.53 Å². The standard InChI is InChI=1S/C19H26ClN3O2/c20-15-5-3-4-14(10-15)11-18(24)23-9-6-21-16-12-25-13-17(19(16)23)22-7-1-2-8-22/h3-5,10,16-17,19,21H,1-2,6-9,11-13H2/t16-,17+,19?/m1/s1. The van der Waals surface area contributed by atoms with Crippen LogP contribution in [0.4, 0.5) is 0 Å². The zero-order chi connectivity index (χ0) is 17.2. The number of fused-ring (bicyclic) bond motifs is 1. The van der Waals surface area contributed by atoms with E-state index < -0.39 is 0 Å². The highest BCUT2D eigenvalue weighted by atomic mass is 35.5. The maximum absolute atomic E-state index is 13.1. The predicted molar refractivity (Wildman–Crippen MR) is 97.9 cm³/mol. The van der Waals surface area contributed by atoms with Crippen molar-refractivity contribution in [2.24, 2.45) is 0 Å². The Kier molecular flexibility index (Phi) is 5.27. The van der Waals surface area contributed by atoms with Gasteiger partial charge in [-0.15, -0.1) is 0 Å². The molecule has 3 aliphatic rings. The molecule has 6 heteroatoms. The summed E-state index contributed by atoms with van der Waals surface area (Å²) in [5.74, 6) is 0.199. The lowest BCUT2D eigenvalue weighted by Crippen LogP contribution is -2.70. The molecule has 0 aliphatic carbocycles. The summed E-state index contributed by atoms with van der Waals surface area (Å²) in [6, 6.07) is 8.36. The Morgan fingerprint density at radius 1 is 1.24 bits per heavy atom. The average molecular weight is 364 g/mol. The number of nitrogens with zero attached hydrogens (tertiary/aromatic N) is 2. The predicted octanol–water partition coefficient (Wildman–Crippen LogP) is 1.55. The van der Waals surface area contributed by atoms with Gasteiger partial charge in [-0.1, -0.05) is 23.7 Å². The lowest BCUT2D eigenvalue weighted by atomic mass is 9.92. The molecular weight excluding hydrogens is 338 g/mol. The van der Waals surface area contributed by atoms with Gasteiger partial charge in [0, 0.05) is 18.1 Å². The van der Waals surface area contributed by atoms with Gasteiger partial charge in [-0.3, -0.25) is 9.69 Å². The number of piperazine rings is 1. The molecule has 3 atom stereocenters. The number of nitrogens with one attached hydrogen (secondary N) is 1. The minimum atomic E-state index is 0.199. The fourth-order valence-electron chi connectivity index (χ4n) is 4.51. The summed E-state index contributed by atoms with van der Waals surface area (Å²) >= 11 is 6.08. The molecule has 3 aliphatic heterocycles. The first-order valence-corrected chi connectivity index (χ1v) is 9.69. The van der Waals surface area contributed by atoms with Crippen molar-refractivity contribution in [2.75, 3.05) is 39.4 Å². The van der Waals surface area contributed by atoms with Crippen LogP contribution in [0.3, 0.4) is 0 Å². The Hall–Kier alpha value is -1.14. The van der Waals surface area contributed by atoms with Crippen molar-refractivity contribution in [2.45, 2.75) is 37.4 Å². The smallest absolute Gasteiger partial charge is 0.227 e. The zero-order valence-electron chi connectivity index (χ0n) is 14.5. The van der Waals surface area contributed by atoms with E-state index in [0.717, 1.165) is 38.3 Å². The van der Waals surface area contributed by atoms with Crippen LogP contribution in [0.15, 0.2) is 24.3 Å². The van der Waals surface area contributed by atoms with E-state index in [2.05, 4.69) is 15.1 Å². The highest BCUT2D eigenvalue weighted by Gasteiger charge is 2.44. The van der Waals surface area contributed by atoms with E-state index in [9.17, 15) is 4.79 Å². The van der Waals surface area contributed by atoms with Crippen LogP contribution in [0.25, 0.3) is 0 Å². The molecule has 3 heterocycles. The number of carbonyl (C=O) groups is 1. The molecule has 3 saturated heterocycles. The fraction of sp³-hybridized carbons (Fsp3) is 0.632. The van der Waals surface area contributed by atoms with Gasteiger partial charge >= 0.3 is 0 Å². The van der Waals surface area contributed by atoms with Crippen LogP contribution in [0.1, 0.15) is 18.4 Å². The minimum Gasteiger partial charge on any atom is -0.378 e. The third-order valence-corrected chi connectivity index (χ3v) is 5.92. The molecular formula is C19H26ClN3O2. The Morgan fingerprint density at radius 3 is 2.88 bits per heavy atom. The summed E-state index contributed by atoms with van der Waals surface area (Å²) in [6.07, 6.45) is 2.91. The molecule has 0 spiro atoms. The quantitative estimate of drug-likeness (QED) is 0.885. The van der Waals surface area contributed by atoms with Crippen molar-refractivity contribution in [3.63, 3.8) is 0 Å². The molecule has 3 fully saturated rings. The highest BCUT2D eigenvalue weighted by Crippen LogP contribution is 2.26. The number of hydrogen-bond donors (Lipinski definition) is 1. The molecule has 5 nitrogen and oxygen atoms in total. The highest BCUT2D eigenvalue weighted by molar-refractivity contribution is 6.30. The van der Waals surface area contributed by atoms with Gasteiger partial charge in [-0.25, -0.2) is 0 Å². The van der Waals surface area contributed by atoms with E-state index in [4.69, 9.17) is 16.3 Å². The molecule has 1 unspecified atom stereocenters. The number of amides is 1. The minimum absolute atomic E-state index is 0.199. The monoisotopic (exact) mass is 363 g/mol. The molecule has 0 radical (unpaired) electrons. The second-order valence-electron chi connectivity index (χ2n) is 7.29. The Balaban J connectivity index is 1.52. The van der Waals surface area contributed by atoms with E-state index in [0.29, 0.717) is 24.1 Å². The molecule has 1 N–H and O–H groups in total. The number of carbonyl (C=O) groups excluding carboxylic acids is 1. The second kappa shape index (κ2) is 7.62. The Labute approximate surface area is 154 Å². The molecule has 1 aromatic carbocycles. The summed E-state index contributed by atoms with van der Waals surface area (Å²) in [5, 5.41) is 4.25. The molecule has 25 heavy (non-hydrogen) atoms. The molecule has 136 valence electrons. The van der Waals surface area contributed by atoms with Crippen molar-refractivity contribution >= 4 is 17.5 Å². The fourth-order valence-corrected chi connectivity index (χ4v) is 4.73. The topological polar surface area (TPSA) is 44.8 Å². The van der Waals surface area contributed by atoms with E-state index in [1.54, 1.807) is 0 Å². The van der Waals surface area contributed by atoms with Crippen molar-refractivity contribution in [3.05, 3.63) is 34.9 Å². The first-order chi connectivity index (χ1) is 12.2. The summed E-state index contributed by atoms with van der Waals surface area (Å²) in [6.45, 7) is 5.25. The van der Waals surface area contributed by atoms with Gasteiger partial charge < -0.3 is 15.0 Å². The average Bonchev–Trinajstić information content (AvgIpc) is 3.15. The van der Waals surface area contributed by atoms with Crippen LogP contribution < -0.4 is 5.32 Å². The summed E-state index contributed by atoms with van der Waals surface area (Å²) in [5.41, 5.74) is 0.984. The number of benzene rings is 1. The summed E-state index contributed by atoms with van der Waals surface area (Å²) in [4.78, 5) is 17.7. The van der Waals surface area contributed by atoms with Gasteiger partial charge in [0.05, 0.1) is 37.8 Å². The molecule has 4 rings (SSSR count). The van der Waals surface area contributed by atoms with Crippen LogP contribution in [0, 0.1) is 0 Å². The van der Waals surface area contributed by atoms with Gasteiger partial charge in [0.1, 0.15) is 0 Å². The number of likely N-dealkylation sites (tertiary alicyclic amines) is 1. The van der Waals surface area contributed by atoms with Crippen LogP contribution in [-0.2, 0) is 16.0 Å². The van der Waals surface area contributed by atoms with Crippen molar-refractivity contribution in [1.82, 2.24) is 15.1 Å². The number of hydrogen-bond acceptors (Lipinski definition) is 4. The maximum atomic E-state index is 13.1. The van der Waals surface area contributed by atoms with E-state index in [1.807, 2.05) is 24.3 Å². The second-order valence-corrected chi connectivity index (χ2v) is 7.73. The normalized spacial score (nSPS) is 30.3. The lowest BCUT2D eigenvalue weighted by Gasteiger charge is -2.50. The first-order valence-electron chi connectivity index (χ1n) is 9.31. The molecule has 0 saturated carbocycles. The molecule has 0 bridgehead atoms. The Bertz CT molecular complexity index is 618. The maximum Gasteiger partial charge on any atom is 0.227 e. The van der Waals surface area contributed by atoms with Crippen molar-refractivity contribution in [1.29, 1.82) is 0 Å². The number of rotatable bonds is 3. The lowest BCUT2D eigenvalue weighted by molar-refractivity contribution is -0.142. The van der Waals surface area contributed by atoms with Crippen LogP contribution >= 0.6 is 11.6 Å². The summed E-state index contributed by atoms with van der Waals surface area (Å²) in [7, 11) is 0. The van der Waals surface area contributed by atoms with Gasteiger partial charge in [-0.2, -0.15) is 0 Å². The van der Waals surface area contributed by atoms with Crippen LogP contribution in [-0.4, -0.2) is 73.2 Å². The van der Waals surface area contributed by atoms with E-state index >= 15 is 0 Å². The van der Waals surface area contributed by atoms with Crippen LogP contribution in [0.2, 0.25) is 5.02 Å². The van der Waals surface area contributed by atoms with Crippen LogP contribution in [0.5, 0.6) is 0 Å². The first kappa shape index (κ1) is 17.3. The SMILES string of the molecule is O=C(Cc1cccc(Cl)c1)N1CCN[C@@H]2COC[C@H](N3CCCC3)C21. The van der Waals surface area contributed by atoms with E-state index in [1.165, 1.54) is 12.8 Å². The molecule has 1 aromatic rings. The summed E-state index contributed by atoms with van der Waals surface area (Å²) < 4.78 is 5.87. The van der Waals surface area contributed by atoms with Gasteiger partial charge in [0.15, 0.2) is 0 Å². The van der Waals surface area contributed by atoms with Gasteiger partial charge in [-0.05, 0) is 43.6 Å². The molecule has 0 aromatic heterocycles.